The third-order valence-corrected chi connectivity index (χ3v) is 3.88. The van der Waals surface area contributed by atoms with Gasteiger partial charge in [-0.3, -0.25) is 0 Å². The van der Waals surface area contributed by atoms with E-state index in [2.05, 4.69) is 5.32 Å². The monoisotopic (exact) mass is 251 g/mol. The predicted molar refractivity (Wildman–Crippen MR) is 58.7 cm³/mol. The van der Waals surface area contributed by atoms with Crippen molar-refractivity contribution < 1.29 is 17.9 Å². The van der Waals surface area contributed by atoms with E-state index in [9.17, 15) is 13.2 Å². The molecule has 5 heteroatoms. The molecule has 0 aliphatic heterocycles. The summed E-state index contributed by atoms with van der Waals surface area (Å²) in [5, 5.41) is 3.26. The van der Waals surface area contributed by atoms with Crippen LogP contribution in [0.25, 0.3) is 0 Å². The number of alkyl halides is 3. The molecular weight excluding hydrogens is 231 g/mol. The number of hydrogen-bond donors (Lipinski definition) is 1. The molecule has 0 bridgehead atoms. The minimum Gasteiger partial charge on any atom is -0.371 e. The smallest absolute Gasteiger partial charge is 0.371 e. The lowest BCUT2D eigenvalue weighted by Gasteiger charge is -2.31. The van der Waals surface area contributed by atoms with Gasteiger partial charge in [-0.2, -0.15) is 13.2 Å². The zero-order valence-electron chi connectivity index (χ0n) is 10.1. The van der Waals surface area contributed by atoms with Gasteiger partial charge in [0.25, 0.3) is 0 Å². The fourth-order valence-electron chi connectivity index (χ4n) is 3.09. The summed E-state index contributed by atoms with van der Waals surface area (Å²) in [7, 11) is 0. The summed E-state index contributed by atoms with van der Waals surface area (Å²) in [6.07, 6.45) is -0.876. The maximum atomic E-state index is 12.1. The van der Waals surface area contributed by atoms with E-state index >= 15 is 0 Å². The summed E-state index contributed by atoms with van der Waals surface area (Å²) in [4.78, 5) is 0. The van der Waals surface area contributed by atoms with E-state index in [1.165, 1.54) is 6.42 Å². The van der Waals surface area contributed by atoms with Crippen molar-refractivity contribution >= 4 is 0 Å². The zero-order valence-corrected chi connectivity index (χ0v) is 10.1. The first-order valence-electron chi connectivity index (χ1n) is 6.29. The highest BCUT2D eigenvalue weighted by Gasteiger charge is 2.53. The van der Waals surface area contributed by atoms with Crippen LogP contribution in [-0.2, 0) is 4.74 Å². The summed E-state index contributed by atoms with van der Waals surface area (Å²) in [5.74, 6) is 1.51. The fraction of sp³-hybridized carbons (Fsp3) is 1.00. The number of nitrogens with one attached hydrogen (secondary N) is 1. The summed E-state index contributed by atoms with van der Waals surface area (Å²) < 4.78 is 41.0. The quantitative estimate of drug-likeness (QED) is 0.783. The number of fused-ring (bicyclic) bond motifs is 1. The van der Waals surface area contributed by atoms with Crippen LogP contribution in [0.3, 0.4) is 0 Å². The molecule has 0 amide bonds. The molecule has 2 fully saturated rings. The maximum Gasteiger partial charge on any atom is 0.411 e. The molecule has 0 saturated heterocycles. The lowest BCUT2D eigenvalue weighted by molar-refractivity contribution is -0.181. The van der Waals surface area contributed by atoms with Crippen molar-refractivity contribution in [1.29, 1.82) is 0 Å². The van der Waals surface area contributed by atoms with Gasteiger partial charge in [-0.15, -0.1) is 0 Å². The summed E-state index contributed by atoms with van der Waals surface area (Å²) >= 11 is 0. The van der Waals surface area contributed by atoms with Crippen LogP contribution in [0, 0.1) is 17.3 Å². The largest absolute Gasteiger partial charge is 0.411 e. The third kappa shape index (κ3) is 3.58. The van der Waals surface area contributed by atoms with Crippen molar-refractivity contribution in [2.24, 2.45) is 17.3 Å². The SMILES string of the molecule is CCNCC1(COCC(F)(F)F)CC2CC2C1. The van der Waals surface area contributed by atoms with Crippen molar-refractivity contribution in [3.63, 3.8) is 0 Å². The number of rotatable bonds is 6. The van der Waals surface area contributed by atoms with Gasteiger partial charge in [0, 0.05) is 12.0 Å². The van der Waals surface area contributed by atoms with Crippen LogP contribution in [0.4, 0.5) is 13.2 Å². The van der Waals surface area contributed by atoms with Gasteiger partial charge in [-0.05, 0) is 37.6 Å². The number of halogens is 3. The molecule has 2 aliphatic rings. The molecule has 0 aromatic heterocycles. The molecule has 0 heterocycles. The molecule has 0 aromatic rings. The lowest BCUT2D eigenvalue weighted by atomic mass is 9.83. The van der Waals surface area contributed by atoms with Gasteiger partial charge < -0.3 is 10.1 Å². The van der Waals surface area contributed by atoms with Gasteiger partial charge in [0.05, 0.1) is 6.61 Å². The highest BCUT2D eigenvalue weighted by molar-refractivity contribution is 5.04. The average Bonchev–Trinajstić information content (AvgIpc) is 2.83. The standard InChI is InChI=1S/C12H20F3NO/c1-2-16-6-11(4-9-3-10(9)5-11)7-17-8-12(13,14)15/h9-10,16H,2-8H2,1H3. The van der Waals surface area contributed by atoms with E-state index in [1.807, 2.05) is 6.92 Å². The Bertz CT molecular complexity index is 257. The van der Waals surface area contributed by atoms with Crippen molar-refractivity contribution in [2.75, 3.05) is 26.3 Å². The van der Waals surface area contributed by atoms with E-state index in [1.54, 1.807) is 0 Å². The topological polar surface area (TPSA) is 21.3 Å². The highest BCUT2D eigenvalue weighted by Crippen LogP contribution is 2.59. The summed E-state index contributed by atoms with van der Waals surface area (Å²) in [6.45, 7) is 2.79. The molecule has 0 spiro atoms. The van der Waals surface area contributed by atoms with E-state index < -0.39 is 12.8 Å². The van der Waals surface area contributed by atoms with Crippen LogP contribution in [0.2, 0.25) is 0 Å². The van der Waals surface area contributed by atoms with Crippen LogP contribution in [0.5, 0.6) is 0 Å². The number of hydrogen-bond acceptors (Lipinski definition) is 2. The van der Waals surface area contributed by atoms with E-state index in [0.717, 1.165) is 37.8 Å². The Morgan fingerprint density at radius 2 is 1.94 bits per heavy atom. The Kier molecular flexibility index (Phi) is 3.69. The predicted octanol–water partition coefficient (Wildman–Crippen LogP) is 2.59. The van der Waals surface area contributed by atoms with Gasteiger partial charge in [0.2, 0.25) is 0 Å². The van der Waals surface area contributed by atoms with E-state index in [4.69, 9.17) is 4.74 Å². The van der Waals surface area contributed by atoms with Crippen LogP contribution in [0.1, 0.15) is 26.2 Å². The highest BCUT2D eigenvalue weighted by atomic mass is 19.4. The number of ether oxygens (including phenoxy) is 1. The molecule has 2 aliphatic carbocycles. The van der Waals surface area contributed by atoms with Crippen molar-refractivity contribution in [3.05, 3.63) is 0 Å². The van der Waals surface area contributed by atoms with E-state index in [0.29, 0.717) is 0 Å². The minimum atomic E-state index is -4.21. The molecule has 17 heavy (non-hydrogen) atoms. The Balaban J connectivity index is 1.79. The second kappa shape index (κ2) is 4.76. The van der Waals surface area contributed by atoms with Gasteiger partial charge in [0.1, 0.15) is 6.61 Å². The molecule has 2 atom stereocenters. The van der Waals surface area contributed by atoms with Crippen LogP contribution < -0.4 is 5.32 Å². The Labute approximate surface area is 99.9 Å². The molecule has 1 N–H and O–H groups in total. The molecule has 0 radical (unpaired) electrons. The van der Waals surface area contributed by atoms with Gasteiger partial charge in [-0.25, -0.2) is 0 Å². The molecular formula is C12H20F3NO. The van der Waals surface area contributed by atoms with Gasteiger partial charge >= 0.3 is 6.18 Å². The molecule has 2 rings (SSSR count). The molecule has 100 valence electrons. The second-order valence-electron chi connectivity index (χ2n) is 5.55. The lowest BCUT2D eigenvalue weighted by Crippen LogP contribution is -2.38. The minimum absolute atomic E-state index is 0.0468. The Morgan fingerprint density at radius 3 is 2.47 bits per heavy atom. The van der Waals surface area contributed by atoms with Gasteiger partial charge in [-0.1, -0.05) is 6.92 Å². The summed E-state index contributed by atoms with van der Waals surface area (Å²) in [5.41, 5.74) is -0.0468. The first kappa shape index (κ1) is 13.1. The summed E-state index contributed by atoms with van der Waals surface area (Å²) in [6, 6.07) is 0. The zero-order chi connectivity index (χ0) is 12.5. The molecule has 0 aromatic carbocycles. The first-order valence-corrected chi connectivity index (χ1v) is 6.29. The second-order valence-corrected chi connectivity index (χ2v) is 5.55. The Hall–Kier alpha value is -0.290. The molecule has 2 nitrogen and oxygen atoms in total. The van der Waals surface area contributed by atoms with Crippen LogP contribution in [0.15, 0.2) is 0 Å². The van der Waals surface area contributed by atoms with Crippen molar-refractivity contribution in [3.8, 4) is 0 Å². The normalized spacial score (nSPS) is 36.0. The van der Waals surface area contributed by atoms with Crippen LogP contribution in [-0.4, -0.2) is 32.5 Å². The maximum absolute atomic E-state index is 12.1. The van der Waals surface area contributed by atoms with Crippen LogP contribution >= 0.6 is 0 Å². The molecule has 2 unspecified atom stereocenters. The average molecular weight is 251 g/mol. The van der Waals surface area contributed by atoms with Gasteiger partial charge in [0.15, 0.2) is 0 Å². The first-order chi connectivity index (χ1) is 7.94. The van der Waals surface area contributed by atoms with Crippen molar-refractivity contribution in [2.45, 2.75) is 32.4 Å². The fourth-order valence-corrected chi connectivity index (χ4v) is 3.09. The molecule has 2 saturated carbocycles. The van der Waals surface area contributed by atoms with E-state index in [-0.39, 0.29) is 12.0 Å². The Morgan fingerprint density at radius 1 is 1.29 bits per heavy atom. The van der Waals surface area contributed by atoms with Crippen molar-refractivity contribution in [1.82, 2.24) is 5.32 Å². The third-order valence-electron chi connectivity index (χ3n) is 3.88.